The van der Waals surface area contributed by atoms with Crippen molar-refractivity contribution in [2.45, 2.75) is 33.2 Å². The Morgan fingerprint density at radius 1 is 1.56 bits per heavy atom. The number of hydrogen-bond acceptors (Lipinski definition) is 3. The molecule has 0 aliphatic heterocycles. The van der Waals surface area contributed by atoms with Crippen LogP contribution in [0.15, 0.2) is 0 Å². The number of amides is 1. The second-order valence-electron chi connectivity index (χ2n) is 5.48. The molecule has 1 aromatic heterocycles. The Morgan fingerprint density at radius 2 is 2.22 bits per heavy atom. The molecule has 0 atom stereocenters. The van der Waals surface area contributed by atoms with Gasteiger partial charge in [-0.05, 0) is 32.6 Å². The molecule has 1 aromatic rings. The smallest absolute Gasteiger partial charge is 0.230 e. The van der Waals surface area contributed by atoms with Crippen molar-refractivity contribution in [3.63, 3.8) is 0 Å². The fourth-order valence-corrected chi connectivity index (χ4v) is 2.58. The number of ether oxygens (including phenoxy) is 1. The summed E-state index contributed by atoms with van der Waals surface area (Å²) in [6.07, 6.45) is 2.16. The molecule has 5 nitrogen and oxygen atoms in total. The number of carbonyl (C=O) groups excluding carboxylic acids is 1. The minimum absolute atomic E-state index is 0.00745. The fraction of sp³-hybridized carbons (Fsp3) is 0.692. The topological polar surface area (TPSA) is 56.1 Å². The largest absolute Gasteiger partial charge is 0.383 e. The number of methoxy groups -OCH3 is 1. The molecule has 2 aliphatic rings. The molecule has 1 amide bonds. The van der Waals surface area contributed by atoms with Gasteiger partial charge in [-0.2, -0.15) is 5.10 Å². The van der Waals surface area contributed by atoms with Gasteiger partial charge in [-0.15, -0.1) is 0 Å². The molecule has 2 saturated carbocycles. The molecular formula is C13H19N3O2. The van der Waals surface area contributed by atoms with Gasteiger partial charge < -0.3 is 10.1 Å². The van der Waals surface area contributed by atoms with Gasteiger partial charge in [0.15, 0.2) is 0 Å². The van der Waals surface area contributed by atoms with Gasteiger partial charge in [-0.1, -0.05) is 0 Å². The number of nitrogens with one attached hydrogen (secondary N) is 1. The first-order valence-corrected chi connectivity index (χ1v) is 6.43. The molecule has 1 heterocycles. The van der Waals surface area contributed by atoms with E-state index in [0.29, 0.717) is 19.1 Å². The van der Waals surface area contributed by atoms with Crippen molar-refractivity contribution in [3.05, 3.63) is 11.4 Å². The van der Waals surface area contributed by atoms with E-state index in [1.54, 1.807) is 7.11 Å². The Labute approximate surface area is 107 Å². The molecule has 1 N–H and O–H groups in total. The Morgan fingerprint density at radius 3 is 2.78 bits per heavy atom. The molecule has 5 heteroatoms. The Hall–Kier alpha value is -1.36. The highest BCUT2D eigenvalue weighted by Gasteiger charge is 2.74. The van der Waals surface area contributed by atoms with Gasteiger partial charge in [0.25, 0.3) is 0 Å². The molecule has 0 spiro atoms. The van der Waals surface area contributed by atoms with Crippen LogP contribution in [0.5, 0.6) is 0 Å². The van der Waals surface area contributed by atoms with E-state index in [2.05, 4.69) is 10.4 Å². The number of carbonyl (C=O) groups is 1. The van der Waals surface area contributed by atoms with E-state index in [1.807, 2.05) is 18.5 Å². The van der Waals surface area contributed by atoms with Crippen molar-refractivity contribution < 1.29 is 9.53 Å². The van der Waals surface area contributed by atoms with Crippen LogP contribution < -0.4 is 5.32 Å². The SMILES string of the molecule is COCCn1nc(C)c(NC(=O)C23CC2C3)c1C. The average molecular weight is 249 g/mol. The highest BCUT2D eigenvalue weighted by molar-refractivity contribution is 6.01. The number of hydrogen-bond donors (Lipinski definition) is 1. The van der Waals surface area contributed by atoms with Gasteiger partial charge in [0.1, 0.15) is 0 Å². The number of aryl methyl sites for hydroxylation is 1. The van der Waals surface area contributed by atoms with Crippen LogP contribution in [0.4, 0.5) is 5.69 Å². The molecule has 0 unspecified atom stereocenters. The second kappa shape index (κ2) is 3.82. The molecule has 3 rings (SSSR count). The van der Waals surface area contributed by atoms with Crippen molar-refractivity contribution in [1.82, 2.24) is 9.78 Å². The Bertz CT molecular complexity index is 501. The zero-order chi connectivity index (χ0) is 12.9. The lowest BCUT2D eigenvalue weighted by Gasteiger charge is -2.08. The monoisotopic (exact) mass is 249 g/mol. The van der Waals surface area contributed by atoms with Crippen LogP contribution in [0, 0.1) is 25.2 Å². The Kier molecular flexibility index (Phi) is 2.48. The lowest BCUT2D eigenvalue weighted by Crippen LogP contribution is -2.19. The molecule has 0 aromatic carbocycles. The van der Waals surface area contributed by atoms with Crippen molar-refractivity contribution in [2.75, 3.05) is 19.0 Å². The maximum atomic E-state index is 12.1. The maximum absolute atomic E-state index is 12.1. The fourth-order valence-electron chi connectivity index (χ4n) is 2.58. The Balaban J connectivity index is 1.74. The summed E-state index contributed by atoms with van der Waals surface area (Å²) in [4.78, 5) is 12.1. The summed E-state index contributed by atoms with van der Waals surface area (Å²) in [7, 11) is 1.67. The summed E-state index contributed by atoms with van der Waals surface area (Å²) in [6, 6.07) is 0. The van der Waals surface area contributed by atoms with Crippen LogP contribution in [-0.4, -0.2) is 29.4 Å². The van der Waals surface area contributed by atoms with E-state index >= 15 is 0 Å². The van der Waals surface area contributed by atoms with E-state index in [0.717, 1.165) is 29.9 Å². The van der Waals surface area contributed by atoms with Gasteiger partial charge >= 0.3 is 0 Å². The normalized spacial score (nSPS) is 27.8. The lowest BCUT2D eigenvalue weighted by atomic mass is 10.2. The third-order valence-electron chi connectivity index (χ3n) is 4.26. The van der Waals surface area contributed by atoms with Crippen molar-refractivity contribution >= 4 is 11.6 Å². The van der Waals surface area contributed by atoms with Crippen molar-refractivity contribution in [3.8, 4) is 0 Å². The van der Waals surface area contributed by atoms with Gasteiger partial charge in [0.2, 0.25) is 5.91 Å². The standard InChI is InChI=1S/C13H19N3O2/c1-8-11(9(2)16(15-8)4-5-18-3)14-12(17)13-6-10(13)7-13/h10H,4-7H2,1-3H3,(H,14,17). The first-order chi connectivity index (χ1) is 8.58. The quantitative estimate of drug-likeness (QED) is 0.860. The van der Waals surface area contributed by atoms with Crippen LogP contribution in [0.1, 0.15) is 24.2 Å². The first-order valence-electron chi connectivity index (χ1n) is 6.43. The number of rotatable bonds is 5. The zero-order valence-electron chi connectivity index (χ0n) is 11.1. The van der Waals surface area contributed by atoms with E-state index in [-0.39, 0.29) is 11.3 Å². The van der Waals surface area contributed by atoms with Crippen molar-refractivity contribution in [2.24, 2.45) is 11.3 Å². The van der Waals surface area contributed by atoms with Gasteiger partial charge in [0, 0.05) is 7.11 Å². The highest BCUT2D eigenvalue weighted by atomic mass is 16.5. The number of anilines is 1. The van der Waals surface area contributed by atoms with Crippen molar-refractivity contribution in [1.29, 1.82) is 0 Å². The summed E-state index contributed by atoms with van der Waals surface area (Å²) < 4.78 is 6.95. The van der Waals surface area contributed by atoms with Crippen LogP contribution in [0.2, 0.25) is 0 Å². The predicted octanol–water partition coefficient (Wildman–Crippen LogP) is 1.49. The predicted molar refractivity (Wildman–Crippen MR) is 67.4 cm³/mol. The number of aromatic nitrogens is 2. The van der Waals surface area contributed by atoms with E-state index in [1.165, 1.54) is 0 Å². The highest BCUT2D eigenvalue weighted by Crippen LogP contribution is 2.75. The second-order valence-corrected chi connectivity index (χ2v) is 5.48. The van der Waals surface area contributed by atoms with Crippen LogP contribution in [-0.2, 0) is 16.1 Å². The lowest BCUT2D eigenvalue weighted by molar-refractivity contribution is -0.119. The van der Waals surface area contributed by atoms with E-state index in [9.17, 15) is 4.79 Å². The zero-order valence-corrected chi connectivity index (χ0v) is 11.1. The maximum Gasteiger partial charge on any atom is 0.230 e. The van der Waals surface area contributed by atoms with Gasteiger partial charge in [-0.25, -0.2) is 0 Å². The van der Waals surface area contributed by atoms with E-state index in [4.69, 9.17) is 4.74 Å². The summed E-state index contributed by atoms with van der Waals surface area (Å²) in [5.41, 5.74) is 2.77. The molecule has 2 aliphatic carbocycles. The van der Waals surface area contributed by atoms with E-state index < -0.39 is 0 Å². The summed E-state index contributed by atoms with van der Waals surface area (Å²) in [5.74, 6) is 0.853. The minimum Gasteiger partial charge on any atom is -0.383 e. The van der Waals surface area contributed by atoms with Crippen LogP contribution in [0.3, 0.4) is 0 Å². The molecule has 2 fully saturated rings. The first kappa shape index (κ1) is 11.7. The van der Waals surface area contributed by atoms with Crippen LogP contribution in [0.25, 0.3) is 0 Å². The minimum atomic E-state index is 0.00745. The average Bonchev–Trinajstić information content (AvgIpc) is 3.16. The molecule has 18 heavy (non-hydrogen) atoms. The third-order valence-corrected chi connectivity index (χ3v) is 4.26. The number of nitrogens with zero attached hydrogens (tertiary/aromatic N) is 2. The third kappa shape index (κ3) is 1.65. The molecule has 0 bridgehead atoms. The summed E-state index contributed by atoms with van der Waals surface area (Å²) >= 11 is 0. The number of fused-ring (bicyclic) bond motifs is 1. The molecular weight excluding hydrogens is 230 g/mol. The molecule has 0 saturated heterocycles. The van der Waals surface area contributed by atoms with Gasteiger partial charge in [-0.3, -0.25) is 9.48 Å². The molecule has 98 valence electrons. The summed E-state index contributed by atoms with van der Waals surface area (Å²) in [6.45, 7) is 5.26. The van der Waals surface area contributed by atoms with Gasteiger partial charge in [0.05, 0.1) is 35.6 Å². The molecule has 0 radical (unpaired) electrons. The van der Waals surface area contributed by atoms with Crippen LogP contribution >= 0.6 is 0 Å². The summed E-state index contributed by atoms with van der Waals surface area (Å²) in [5, 5.41) is 7.50.